The smallest absolute Gasteiger partial charge is 0.0519 e. The number of rotatable bonds is 5. The fourth-order valence-electron chi connectivity index (χ4n) is 8.71. The van der Waals surface area contributed by atoms with Crippen molar-refractivity contribution in [2.75, 3.05) is 0 Å². The van der Waals surface area contributed by atoms with Crippen molar-refractivity contribution in [3.8, 4) is 0 Å². The highest BCUT2D eigenvalue weighted by Crippen LogP contribution is 2.67. The Morgan fingerprint density at radius 2 is 1.75 bits per heavy atom. The van der Waals surface area contributed by atoms with Gasteiger partial charge in [-0.3, -0.25) is 0 Å². The summed E-state index contributed by atoms with van der Waals surface area (Å²) in [5, 5.41) is 0.302. The van der Waals surface area contributed by atoms with E-state index in [2.05, 4.69) is 40.7 Å². The maximum atomic E-state index is 6.52. The van der Waals surface area contributed by atoms with Crippen molar-refractivity contribution in [1.82, 2.24) is 0 Å². The van der Waals surface area contributed by atoms with Crippen molar-refractivity contribution in [2.24, 2.45) is 46.3 Å². The Morgan fingerprint density at radius 1 is 0.964 bits per heavy atom. The standard InChI is InChI=1S/C27H45Cl/c1-18(2)7-6-8-19(3)23-11-12-24-22-10-9-20-17-21(28)13-15-26(20,4)25(22)14-16-27(23,24)5/h17-19,21-25H,6-16H2,1-5H3/t19-,21-,22?,23-,24?,25?,26?,27?/m1/s1. The molecule has 28 heavy (non-hydrogen) atoms. The van der Waals surface area contributed by atoms with Gasteiger partial charge >= 0.3 is 0 Å². The van der Waals surface area contributed by atoms with Crippen LogP contribution in [0.4, 0.5) is 0 Å². The van der Waals surface area contributed by atoms with Gasteiger partial charge in [0.2, 0.25) is 0 Å². The topological polar surface area (TPSA) is 0 Å². The molecule has 5 unspecified atom stereocenters. The van der Waals surface area contributed by atoms with Crippen LogP contribution < -0.4 is 0 Å². The predicted molar refractivity (Wildman–Crippen MR) is 123 cm³/mol. The molecule has 0 aromatic heterocycles. The van der Waals surface area contributed by atoms with Gasteiger partial charge in [-0.05, 0) is 97.7 Å². The van der Waals surface area contributed by atoms with Crippen LogP contribution >= 0.6 is 11.6 Å². The third kappa shape index (κ3) is 3.52. The third-order valence-corrected chi connectivity index (χ3v) is 10.6. The molecule has 1 heteroatoms. The van der Waals surface area contributed by atoms with Crippen molar-refractivity contribution in [2.45, 2.75) is 111 Å². The zero-order valence-corrected chi connectivity index (χ0v) is 20.0. The summed E-state index contributed by atoms with van der Waals surface area (Å²) in [6.07, 6.45) is 18.1. The van der Waals surface area contributed by atoms with E-state index in [-0.39, 0.29) is 0 Å². The van der Waals surface area contributed by atoms with Crippen molar-refractivity contribution in [1.29, 1.82) is 0 Å². The third-order valence-electron chi connectivity index (χ3n) is 10.3. The molecule has 0 aromatic carbocycles. The minimum atomic E-state index is 0.302. The lowest BCUT2D eigenvalue weighted by Crippen LogP contribution is -2.51. The van der Waals surface area contributed by atoms with Crippen LogP contribution in [0.3, 0.4) is 0 Å². The summed E-state index contributed by atoms with van der Waals surface area (Å²) in [5.74, 6) is 5.68. The van der Waals surface area contributed by atoms with Crippen LogP contribution in [0, 0.1) is 46.3 Å². The van der Waals surface area contributed by atoms with Gasteiger partial charge in [-0.15, -0.1) is 11.6 Å². The predicted octanol–water partition coefficient (Wildman–Crippen LogP) is 8.64. The molecule has 4 rings (SSSR count). The monoisotopic (exact) mass is 404 g/mol. The molecule has 3 saturated carbocycles. The SMILES string of the molecule is CC(C)CCC[C@@H](C)[C@H]1CCC2C3CCC4=C[C@H](Cl)CCC4(C)C3CCC21C. The van der Waals surface area contributed by atoms with Crippen LogP contribution in [0.15, 0.2) is 11.6 Å². The molecule has 0 heterocycles. The first-order chi connectivity index (χ1) is 13.3. The van der Waals surface area contributed by atoms with E-state index < -0.39 is 0 Å². The quantitative estimate of drug-likeness (QED) is 0.317. The summed E-state index contributed by atoms with van der Waals surface area (Å²) in [4.78, 5) is 0. The zero-order valence-electron chi connectivity index (χ0n) is 19.3. The second kappa shape index (κ2) is 7.94. The Hall–Kier alpha value is 0.0300. The zero-order chi connectivity index (χ0) is 20.1. The molecule has 160 valence electrons. The van der Waals surface area contributed by atoms with Crippen LogP contribution in [0.1, 0.15) is 105 Å². The summed E-state index contributed by atoms with van der Waals surface area (Å²) < 4.78 is 0. The van der Waals surface area contributed by atoms with E-state index in [4.69, 9.17) is 11.6 Å². The lowest BCUT2D eigenvalue weighted by molar-refractivity contribution is -0.0591. The first kappa shape index (κ1) is 21.3. The second-order valence-corrected chi connectivity index (χ2v) is 12.7. The van der Waals surface area contributed by atoms with Gasteiger partial charge in [0.05, 0.1) is 5.38 Å². The average molecular weight is 405 g/mol. The normalized spacial score (nSPS) is 46.5. The number of hydrogen-bond donors (Lipinski definition) is 0. The van der Waals surface area contributed by atoms with Gasteiger partial charge in [-0.25, -0.2) is 0 Å². The maximum absolute atomic E-state index is 6.52. The Morgan fingerprint density at radius 3 is 2.50 bits per heavy atom. The second-order valence-electron chi connectivity index (χ2n) is 12.1. The van der Waals surface area contributed by atoms with Gasteiger partial charge < -0.3 is 0 Å². The molecular weight excluding hydrogens is 360 g/mol. The molecule has 0 bridgehead atoms. The number of hydrogen-bond acceptors (Lipinski definition) is 0. The molecule has 0 aromatic rings. The Balaban J connectivity index is 1.48. The summed E-state index contributed by atoms with van der Waals surface area (Å²) in [7, 11) is 0. The first-order valence-electron chi connectivity index (χ1n) is 12.6. The van der Waals surface area contributed by atoms with E-state index in [0.29, 0.717) is 16.2 Å². The minimum Gasteiger partial charge on any atom is -0.118 e. The van der Waals surface area contributed by atoms with Crippen molar-refractivity contribution >= 4 is 11.6 Å². The minimum absolute atomic E-state index is 0.302. The van der Waals surface area contributed by atoms with Crippen LogP contribution in [-0.4, -0.2) is 5.38 Å². The van der Waals surface area contributed by atoms with Crippen LogP contribution in [0.25, 0.3) is 0 Å². The van der Waals surface area contributed by atoms with Crippen molar-refractivity contribution < 1.29 is 0 Å². The molecular formula is C27H45Cl. The molecule has 4 aliphatic carbocycles. The number of alkyl halides is 1. The largest absolute Gasteiger partial charge is 0.118 e. The molecule has 0 aliphatic heterocycles. The molecule has 0 saturated heterocycles. The number of allylic oxidation sites excluding steroid dienone is 2. The Kier molecular flexibility index (Phi) is 6.03. The molecule has 0 nitrogen and oxygen atoms in total. The summed E-state index contributed by atoms with van der Waals surface area (Å²) in [6.45, 7) is 12.7. The summed E-state index contributed by atoms with van der Waals surface area (Å²) >= 11 is 6.52. The molecule has 0 spiro atoms. The number of fused-ring (bicyclic) bond motifs is 5. The Bertz CT molecular complexity index is 591. The molecule has 4 aliphatic rings. The van der Waals surface area contributed by atoms with Gasteiger partial charge in [0, 0.05) is 0 Å². The number of halogens is 1. The molecule has 0 radical (unpaired) electrons. The van der Waals surface area contributed by atoms with E-state index >= 15 is 0 Å². The van der Waals surface area contributed by atoms with Gasteiger partial charge in [0.1, 0.15) is 0 Å². The van der Waals surface area contributed by atoms with Crippen molar-refractivity contribution in [3.63, 3.8) is 0 Å². The maximum Gasteiger partial charge on any atom is 0.0519 e. The van der Waals surface area contributed by atoms with E-state index in [0.717, 1.165) is 35.5 Å². The highest BCUT2D eigenvalue weighted by atomic mass is 35.5. The van der Waals surface area contributed by atoms with Crippen LogP contribution in [0.5, 0.6) is 0 Å². The highest BCUT2D eigenvalue weighted by Gasteiger charge is 2.59. The van der Waals surface area contributed by atoms with Gasteiger partial charge in [-0.1, -0.05) is 65.5 Å². The first-order valence-corrected chi connectivity index (χ1v) is 13.0. The van der Waals surface area contributed by atoms with Crippen molar-refractivity contribution in [3.05, 3.63) is 11.6 Å². The molecule has 3 fully saturated rings. The summed E-state index contributed by atoms with van der Waals surface area (Å²) in [5.41, 5.74) is 2.83. The van der Waals surface area contributed by atoms with Gasteiger partial charge in [0.15, 0.2) is 0 Å². The fraction of sp³-hybridized carbons (Fsp3) is 0.926. The Labute approximate surface area is 180 Å². The fourth-order valence-corrected chi connectivity index (χ4v) is 8.97. The van der Waals surface area contributed by atoms with E-state index in [1.54, 1.807) is 5.57 Å². The van der Waals surface area contributed by atoms with Crippen LogP contribution in [-0.2, 0) is 0 Å². The average Bonchev–Trinajstić information content (AvgIpc) is 2.99. The lowest BCUT2D eigenvalue weighted by atomic mass is 9.46. The van der Waals surface area contributed by atoms with Gasteiger partial charge in [-0.2, -0.15) is 0 Å². The van der Waals surface area contributed by atoms with E-state index in [9.17, 15) is 0 Å². The highest BCUT2D eigenvalue weighted by molar-refractivity contribution is 6.21. The van der Waals surface area contributed by atoms with E-state index in [1.807, 2.05) is 0 Å². The summed E-state index contributed by atoms with van der Waals surface area (Å²) in [6, 6.07) is 0. The molecule has 0 amide bonds. The van der Waals surface area contributed by atoms with E-state index in [1.165, 1.54) is 70.6 Å². The molecule has 0 N–H and O–H groups in total. The van der Waals surface area contributed by atoms with Crippen LogP contribution in [0.2, 0.25) is 0 Å². The van der Waals surface area contributed by atoms with Gasteiger partial charge in [0.25, 0.3) is 0 Å². The lowest BCUT2D eigenvalue weighted by Gasteiger charge is -2.59. The molecule has 8 atom stereocenters.